The molecule has 0 saturated heterocycles. The Balaban J connectivity index is 1.56. The summed E-state index contributed by atoms with van der Waals surface area (Å²) in [6.45, 7) is 5.25. The number of ether oxygens (including phenoxy) is 3. The van der Waals surface area contributed by atoms with E-state index in [-0.39, 0.29) is 11.5 Å². The quantitative estimate of drug-likeness (QED) is 0.420. The Morgan fingerprint density at radius 2 is 1.84 bits per heavy atom. The minimum atomic E-state index is 0.0609. The van der Waals surface area contributed by atoms with Gasteiger partial charge in [0.2, 0.25) is 0 Å². The lowest BCUT2D eigenvalue weighted by Gasteiger charge is -2.13. The van der Waals surface area contributed by atoms with Crippen LogP contribution < -0.4 is 14.2 Å². The molecule has 1 aromatic heterocycles. The van der Waals surface area contributed by atoms with Gasteiger partial charge in [0.1, 0.15) is 5.75 Å². The van der Waals surface area contributed by atoms with E-state index in [2.05, 4.69) is 10.2 Å². The van der Waals surface area contributed by atoms with Gasteiger partial charge in [-0.25, -0.2) is 0 Å². The first-order valence-electron chi connectivity index (χ1n) is 10.1. The molecule has 2 aromatic carbocycles. The maximum absolute atomic E-state index is 12.6. The van der Waals surface area contributed by atoms with Crippen LogP contribution in [0.5, 0.6) is 17.2 Å². The van der Waals surface area contributed by atoms with Gasteiger partial charge < -0.3 is 18.8 Å². The average molecular weight is 440 g/mol. The predicted octanol–water partition coefficient (Wildman–Crippen LogP) is 4.24. The van der Waals surface area contributed by atoms with E-state index in [1.54, 1.807) is 7.11 Å². The molecule has 0 amide bonds. The van der Waals surface area contributed by atoms with Gasteiger partial charge in [0.25, 0.3) is 0 Å². The lowest BCUT2D eigenvalue weighted by atomic mass is 10.0. The van der Waals surface area contributed by atoms with Gasteiger partial charge in [0, 0.05) is 25.1 Å². The minimum absolute atomic E-state index is 0.0609. The van der Waals surface area contributed by atoms with E-state index in [4.69, 9.17) is 14.2 Å². The van der Waals surface area contributed by atoms with Crippen LogP contribution in [-0.4, -0.2) is 46.6 Å². The van der Waals surface area contributed by atoms with Crippen LogP contribution in [0.2, 0.25) is 0 Å². The second-order valence-electron chi connectivity index (χ2n) is 7.43. The van der Waals surface area contributed by atoms with Crippen molar-refractivity contribution in [2.24, 2.45) is 7.05 Å². The van der Waals surface area contributed by atoms with Gasteiger partial charge in [-0.1, -0.05) is 23.9 Å². The zero-order valence-electron chi connectivity index (χ0n) is 18.1. The number of rotatable bonds is 6. The number of carbonyl (C=O) groups excluding carboxylic acids is 1. The summed E-state index contributed by atoms with van der Waals surface area (Å²) in [5, 5.41) is 9.29. The first-order valence-corrected chi connectivity index (χ1v) is 11.1. The zero-order valence-corrected chi connectivity index (χ0v) is 18.9. The first-order chi connectivity index (χ1) is 15.0. The summed E-state index contributed by atoms with van der Waals surface area (Å²) in [7, 11) is 3.48. The highest BCUT2D eigenvalue weighted by Gasteiger charge is 2.21. The number of methoxy groups -OCH3 is 1. The average Bonchev–Trinajstić information content (AvgIpc) is 2.98. The SMILES string of the molecule is COc1cc2c(cc1-c1nnc(SCC(=O)c3ccc(C)c(C)c3)n1C)OCCCO2. The molecule has 4 rings (SSSR count). The fourth-order valence-corrected chi connectivity index (χ4v) is 4.14. The smallest absolute Gasteiger partial charge is 0.191 e. The Labute approximate surface area is 185 Å². The summed E-state index contributed by atoms with van der Waals surface area (Å²) in [5.74, 6) is 2.93. The molecule has 1 aliphatic rings. The maximum Gasteiger partial charge on any atom is 0.191 e. The van der Waals surface area contributed by atoms with E-state index in [0.29, 0.717) is 47.0 Å². The fraction of sp³-hybridized carbons (Fsp3) is 0.348. The number of benzene rings is 2. The molecule has 1 aliphatic heterocycles. The summed E-state index contributed by atoms with van der Waals surface area (Å²) in [4.78, 5) is 12.6. The third-order valence-corrected chi connectivity index (χ3v) is 6.33. The van der Waals surface area contributed by atoms with E-state index < -0.39 is 0 Å². The lowest BCUT2D eigenvalue weighted by molar-refractivity contribution is 0.102. The molecule has 8 heteroatoms. The van der Waals surface area contributed by atoms with E-state index in [0.717, 1.165) is 17.5 Å². The summed E-state index contributed by atoms with van der Waals surface area (Å²) < 4.78 is 19.0. The lowest BCUT2D eigenvalue weighted by Crippen LogP contribution is -2.05. The molecule has 0 radical (unpaired) electrons. The van der Waals surface area contributed by atoms with Crippen molar-refractivity contribution in [2.75, 3.05) is 26.1 Å². The molecular formula is C23H25N3O4S. The Kier molecular flexibility index (Phi) is 6.18. The van der Waals surface area contributed by atoms with Crippen LogP contribution in [0.25, 0.3) is 11.4 Å². The topological polar surface area (TPSA) is 75.5 Å². The monoisotopic (exact) mass is 439 g/mol. The van der Waals surface area contributed by atoms with Crippen molar-refractivity contribution in [1.29, 1.82) is 0 Å². The maximum atomic E-state index is 12.6. The minimum Gasteiger partial charge on any atom is -0.496 e. The number of carbonyl (C=O) groups is 1. The second kappa shape index (κ2) is 9.01. The highest BCUT2D eigenvalue weighted by atomic mass is 32.2. The number of hydrogen-bond donors (Lipinski definition) is 0. The van der Waals surface area contributed by atoms with Crippen molar-refractivity contribution in [1.82, 2.24) is 14.8 Å². The molecule has 162 valence electrons. The Morgan fingerprint density at radius 3 is 2.55 bits per heavy atom. The highest BCUT2D eigenvalue weighted by molar-refractivity contribution is 7.99. The predicted molar refractivity (Wildman–Crippen MR) is 120 cm³/mol. The largest absolute Gasteiger partial charge is 0.496 e. The van der Waals surface area contributed by atoms with Gasteiger partial charge in [0.15, 0.2) is 28.3 Å². The molecule has 0 bridgehead atoms. The van der Waals surface area contributed by atoms with Crippen LogP contribution in [0.1, 0.15) is 27.9 Å². The zero-order chi connectivity index (χ0) is 22.0. The number of aromatic nitrogens is 3. The Hall–Kier alpha value is -3.00. The number of fused-ring (bicyclic) bond motifs is 1. The van der Waals surface area contributed by atoms with Gasteiger partial charge in [-0.15, -0.1) is 10.2 Å². The van der Waals surface area contributed by atoms with Crippen molar-refractivity contribution < 1.29 is 19.0 Å². The summed E-state index contributed by atoms with van der Waals surface area (Å²) in [5.41, 5.74) is 3.75. The Morgan fingerprint density at radius 1 is 1.10 bits per heavy atom. The van der Waals surface area contributed by atoms with E-state index in [9.17, 15) is 4.79 Å². The van der Waals surface area contributed by atoms with Crippen LogP contribution in [-0.2, 0) is 7.05 Å². The van der Waals surface area contributed by atoms with Crippen molar-refractivity contribution in [2.45, 2.75) is 25.4 Å². The van der Waals surface area contributed by atoms with Crippen molar-refractivity contribution in [3.63, 3.8) is 0 Å². The molecule has 0 unspecified atom stereocenters. The number of nitrogens with zero attached hydrogens (tertiary/aromatic N) is 3. The number of thioether (sulfide) groups is 1. The third kappa shape index (κ3) is 4.39. The standard InChI is InChI=1S/C23H25N3O4S/c1-14-6-7-16(10-15(14)2)18(27)13-31-23-25-24-22(26(23)3)17-11-20-21(12-19(17)28-4)30-9-5-8-29-20/h6-7,10-12H,5,8-9,13H2,1-4H3. The number of hydrogen-bond acceptors (Lipinski definition) is 7. The van der Waals surface area contributed by atoms with E-state index >= 15 is 0 Å². The van der Waals surface area contributed by atoms with Crippen LogP contribution in [0.4, 0.5) is 0 Å². The molecule has 0 saturated carbocycles. The van der Waals surface area contributed by atoms with E-state index in [1.807, 2.05) is 55.8 Å². The molecular weight excluding hydrogens is 414 g/mol. The molecule has 0 atom stereocenters. The molecule has 2 heterocycles. The molecule has 0 spiro atoms. The molecule has 3 aromatic rings. The normalized spacial score (nSPS) is 13.0. The molecule has 0 fully saturated rings. The molecule has 7 nitrogen and oxygen atoms in total. The molecule has 0 aliphatic carbocycles. The van der Waals surface area contributed by atoms with Crippen molar-refractivity contribution >= 4 is 17.5 Å². The second-order valence-corrected chi connectivity index (χ2v) is 8.37. The van der Waals surface area contributed by atoms with Crippen molar-refractivity contribution in [3.05, 3.63) is 47.0 Å². The Bertz CT molecular complexity index is 1130. The summed E-state index contributed by atoms with van der Waals surface area (Å²) in [6, 6.07) is 9.47. The van der Waals surface area contributed by atoms with E-state index in [1.165, 1.54) is 17.3 Å². The summed E-state index contributed by atoms with van der Waals surface area (Å²) >= 11 is 1.36. The van der Waals surface area contributed by atoms with Crippen LogP contribution >= 0.6 is 11.8 Å². The van der Waals surface area contributed by atoms with Gasteiger partial charge in [-0.05, 0) is 37.1 Å². The van der Waals surface area contributed by atoms with Crippen LogP contribution in [0.15, 0.2) is 35.5 Å². The van der Waals surface area contributed by atoms with Gasteiger partial charge in [0.05, 0.1) is 31.6 Å². The van der Waals surface area contributed by atoms with Crippen molar-refractivity contribution in [3.8, 4) is 28.6 Å². The van der Waals surface area contributed by atoms with Gasteiger partial charge >= 0.3 is 0 Å². The molecule has 31 heavy (non-hydrogen) atoms. The number of ketones is 1. The van der Waals surface area contributed by atoms with Gasteiger partial charge in [-0.2, -0.15) is 0 Å². The van der Waals surface area contributed by atoms with Gasteiger partial charge in [-0.3, -0.25) is 4.79 Å². The number of aryl methyl sites for hydroxylation is 2. The summed E-state index contributed by atoms with van der Waals surface area (Å²) in [6.07, 6.45) is 0.825. The third-order valence-electron chi connectivity index (χ3n) is 5.31. The first kappa shape index (κ1) is 21.2. The van der Waals surface area contributed by atoms with Crippen LogP contribution in [0.3, 0.4) is 0 Å². The van der Waals surface area contributed by atoms with Crippen LogP contribution in [0, 0.1) is 13.8 Å². The molecule has 0 N–H and O–H groups in total. The fourth-order valence-electron chi connectivity index (χ4n) is 3.34. The highest BCUT2D eigenvalue weighted by Crippen LogP contribution is 2.41. The number of Topliss-reactive ketones (excluding diaryl/α,β-unsaturated/α-hetero) is 1.